The van der Waals surface area contributed by atoms with Crippen molar-refractivity contribution in [2.75, 3.05) is 0 Å². The number of aromatic amines is 1. The fourth-order valence-corrected chi connectivity index (χ4v) is 5.46. The molecule has 1 N–H and O–H groups in total. The molecule has 154 valence electrons. The van der Waals surface area contributed by atoms with Gasteiger partial charge in [-0.25, -0.2) is 9.55 Å². The average molecular weight is 467 g/mol. The van der Waals surface area contributed by atoms with Crippen molar-refractivity contribution in [3.05, 3.63) is 82.6 Å². The summed E-state index contributed by atoms with van der Waals surface area (Å²) in [4.78, 5) is 8.57. The molecule has 0 aliphatic heterocycles. The van der Waals surface area contributed by atoms with Crippen LogP contribution >= 0.6 is 33.2 Å². The summed E-state index contributed by atoms with van der Waals surface area (Å²) in [6.45, 7) is 2.00. The second-order valence-corrected chi connectivity index (χ2v) is 9.41. The molecule has 0 radical (unpaired) electrons. The molecule has 0 amide bonds. The van der Waals surface area contributed by atoms with Crippen molar-refractivity contribution >= 4 is 44.2 Å². The second kappa shape index (κ2) is 8.53. The lowest BCUT2D eigenvalue weighted by Gasteiger charge is -2.08. The molecule has 0 saturated carbocycles. The standard InChI is InChI=1S/C21H16ClF3N3S2/c1-13-4-3-9-28(19(13)12-29-30-16-6-2-5-15(22)11-16)20-26-17-8-7-14(21(23,24)25)10-18(17)27-20/h2-11H,12H2,1H3,(H,26,27)/q+1. The number of rotatable bonds is 5. The van der Waals surface area contributed by atoms with Crippen molar-refractivity contribution in [1.29, 1.82) is 0 Å². The van der Waals surface area contributed by atoms with Crippen LogP contribution in [0.15, 0.2) is 65.7 Å². The van der Waals surface area contributed by atoms with Gasteiger partial charge in [0.05, 0.1) is 23.2 Å². The van der Waals surface area contributed by atoms with Crippen molar-refractivity contribution in [3.8, 4) is 5.95 Å². The number of pyridine rings is 1. The molecule has 0 atom stereocenters. The summed E-state index contributed by atoms with van der Waals surface area (Å²) in [6.07, 6.45) is -2.54. The van der Waals surface area contributed by atoms with E-state index in [1.165, 1.54) is 6.07 Å². The van der Waals surface area contributed by atoms with E-state index in [1.54, 1.807) is 21.6 Å². The number of nitrogens with zero attached hydrogens (tertiary/aromatic N) is 2. The van der Waals surface area contributed by atoms with Gasteiger partial charge in [0.2, 0.25) is 0 Å². The highest BCUT2D eigenvalue weighted by Crippen LogP contribution is 2.35. The van der Waals surface area contributed by atoms with Gasteiger partial charge in [0.25, 0.3) is 0 Å². The Bertz CT molecular complexity index is 1210. The molecular weight excluding hydrogens is 451 g/mol. The van der Waals surface area contributed by atoms with Crippen LogP contribution in [-0.2, 0) is 11.9 Å². The van der Waals surface area contributed by atoms with E-state index in [0.29, 0.717) is 27.8 Å². The predicted molar refractivity (Wildman–Crippen MR) is 116 cm³/mol. The highest BCUT2D eigenvalue weighted by Gasteiger charge is 2.31. The number of halogens is 4. The number of benzene rings is 2. The largest absolute Gasteiger partial charge is 0.416 e. The van der Waals surface area contributed by atoms with Gasteiger partial charge in [-0.2, -0.15) is 13.2 Å². The third-order valence-electron chi connectivity index (χ3n) is 4.50. The van der Waals surface area contributed by atoms with E-state index in [1.807, 2.05) is 54.1 Å². The Balaban J connectivity index is 1.62. The molecular formula is C21H16ClF3N3S2+. The van der Waals surface area contributed by atoms with Crippen LogP contribution in [0, 0.1) is 6.92 Å². The SMILES string of the molecule is Cc1ccc[n+](-c2nc3ccc(C(F)(F)F)cc3[nH]2)c1CSSc1cccc(Cl)c1. The molecule has 0 aliphatic rings. The molecule has 4 rings (SSSR count). The lowest BCUT2D eigenvalue weighted by molar-refractivity contribution is -0.610. The monoisotopic (exact) mass is 466 g/mol. The van der Waals surface area contributed by atoms with E-state index >= 15 is 0 Å². The summed E-state index contributed by atoms with van der Waals surface area (Å²) in [5.74, 6) is 1.16. The second-order valence-electron chi connectivity index (χ2n) is 6.60. The number of nitrogens with one attached hydrogen (secondary N) is 1. The highest BCUT2D eigenvalue weighted by molar-refractivity contribution is 8.76. The van der Waals surface area contributed by atoms with E-state index < -0.39 is 11.7 Å². The lowest BCUT2D eigenvalue weighted by atomic mass is 10.2. The number of hydrogen-bond donors (Lipinski definition) is 1. The molecule has 0 unspecified atom stereocenters. The number of fused-ring (bicyclic) bond motifs is 1. The van der Waals surface area contributed by atoms with Crippen LogP contribution < -0.4 is 4.57 Å². The molecule has 30 heavy (non-hydrogen) atoms. The Labute approximate surface area is 184 Å². The maximum atomic E-state index is 13.0. The zero-order valence-corrected chi connectivity index (χ0v) is 18.1. The van der Waals surface area contributed by atoms with Crippen molar-refractivity contribution in [2.24, 2.45) is 0 Å². The average Bonchev–Trinajstić information content (AvgIpc) is 3.12. The maximum Gasteiger partial charge on any atom is 0.416 e. The smallest absolute Gasteiger partial charge is 0.238 e. The van der Waals surface area contributed by atoms with Crippen LogP contribution in [0.4, 0.5) is 13.2 Å². The summed E-state index contributed by atoms with van der Waals surface area (Å²) in [7, 11) is 3.27. The van der Waals surface area contributed by atoms with E-state index in [2.05, 4.69) is 9.97 Å². The number of H-pyrrole nitrogens is 1. The molecule has 9 heteroatoms. The minimum absolute atomic E-state index is 0.348. The van der Waals surface area contributed by atoms with E-state index in [-0.39, 0.29) is 0 Å². The molecule has 4 aromatic rings. The fraction of sp³-hybridized carbons (Fsp3) is 0.143. The van der Waals surface area contributed by atoms with E-state index in [9.17, 15) is 13.2 Å². The zero-order chi connectivity index (χ0) is 21.3. The highest BCUT2D eigenvalue weighted by atomic mass is 35.5. The van der Waals surface area contributed by atoms with Crippen molar-refractivity contribution in [3.63, 3.8) is 0 Å². The van der Waals surface area contributed by atoms with Crippen LogP contribution in [0.3, 0.4) is 0 Å². The first kappa shape index (κ1) is 21.1. The summed E-state index contributed by atoms with van der Waals surface area (Å²) in [5.41, 5.74) is 2.20. The molecule has 2 heterocycles. The molecule has 2 aromatic heterocycles. The van der Waals surface area contributed by atoms with Gasteiger partial charge in [0.15, 0.2) is 5.52 Å². The summed E-state index contributed by atoms with van der Waals surface area (Å²) < 4.78 is 40.9. The number of imidazole rings is 1. The van der Waals surface area contributed by atoms with Crippen LogP contribution in [0.25, 0.3) is 17.0 Å². The molecule has 0 bridgehead atoms. The Morgan fingerprint density at radius 3 is 2.70 bits per heavy atom. The molecule has 0 saturated heterocycles. The van der Waals surface area contributed by atoms with E-state index in [0.717, 1.165) is 28.3 Å². The first-order valence-corrected chi connectivity index (χ1v) is 11.6. The Morgan fingerprint density at radius 2 is 1.93 bits per heavy atom. The lowest BCUT2D eigenvalue weighted by Crippen LogP contribution is -2.37. The minimum atomic E-state index is -4.39. The molecule has 0 aliphatic carbocycles. The van der Waals surface area contributed by atoms with Crippen molar-refractivity contribution in [1.82, 2.24) is 9.97 Å². The predicted octanol–water partition coefficient (Wildman–Crippen LogP) is 6.76. The Hall–Kier alpha value is -2.16. The topological polar surface area (TPSA) is 32.6 Å². The van der Waals surface area contributed by atoms with Crippen LogP contribution in [0.2, 0.25) is 5.02 Å². The summed E-state index contributed by atoms with van der Waals surface area (Å²) in [6, 6.07) is 15.0. The Kier molecular flexibility index (Phi) is 5.99. The minimum Gasteiger partial charge on any atom is -0.238 e. The van der Waals surface area contributed by atoms with Gasteiger partial charge in [0.1, 0.15) is 5.52 Å². The first-order chi connectivity index (χ1) is 14.3. The molecule has 0 spiro atoms. The third-order valence-corrected chi connectivity index (χ3v) is 6.97. The maximum absolute atomic E-state index is 13.0. The van der Waals surface area contributed by atoms with Gasteiger partial charge < -0.3 is 0 Å². The number of aryl methyl sites for hydroxylation is 1. The quantitative estimate of drug-likeness (QED) is 0.260. The van der Waals surface area contributed by atoms with E-state index in [4.69, 9.17) is 11.6 Å². The molecule has 3 nitrogen and oxygen atoms in total. The van der Waals surface area contributed by atoms with Gasteiger partial charge in [-0.3, -0.25) is 0 Å². The number of aromatic nitrogens is 3. The van der Waals surface area contributed by atoms with Gasteiger partial charge in [0, 0.05) is 9.92 Å². The normalized spacial score (nSPS) is 11.9. The van der Waals surface area contributed by atoms with Gasteiger partial charge in [-0.1, -0.05) is 50.3 Å². The number of hydrogen-bond acceptors (Lipinski definition) is 3. The first-order valence-electron chi connectivity index (χ1n) is 8.94. The molecule has 0 fully saturated rings. The van der Waals surface area contributed by atoms with Gasteiger partial charge >= 0.3 is 12.1 Å². The van der Waals surface area contributed by atoms with Gasteiger partial charge in [-0.05, 0) is 55.0 Å². The Morgan fingerprint density at radius 1 is 1.10 bits per heavy atom. The van der Waals surface area contributed by atoms with Crippen LogP contribution in [-0.4, -0.2) is 9.97 Å². The third kappa shape index (κ3) is 4.61. The fourth-order valence-electron chi connectivity index (χ4n) is 2.99. The van der Waals surface area contributed by atoms with Crippen LogP contribution in [0.1, 0.15) is 16.8 Å². The van der Waals surface area contributed by atoms with Crippen molar-refractivity contribution in [2.45, 2.75) is 23.7 Å². The summed E-state index contributed by atoms with van der Waals surface area (Å²) >= 11 is 6.04. The summed E-state index contributed by atoms with van der Waals surface area (Å²) in [5, 5.41) is 0.687. The van der Waals surface area contributed by atoms with Crippen LogP contribution in [0.5, 0.6) is 0 Å². The molecule has 2 aromatic carbocycles. The zero-order valence-electron chi connectivity index (χ0n) is 15.7. The van der Waals surface area contributed by atoms with Crippen molar-refractivity contribution < 1.29 is 17.7 Å². The number of alkyl halides is 3. The van der Waals surface area contributed by atoms with Gasteiger partial charge in [-0.15, -0.1) is 0 Å².